The first-order valence-corrected chi connectivity index (χ1v) is 8.22. The highest BCUT2D eigenvalue weighted by molar-refractivity contribution is 7.99. The van der Waals surface area contributed by atoms with Gasteiger partial charge in [-0.15, -0.1) is 11.8 Å². The Kier molecular flexibility index (Phi) is 4.04. The third-order valence-electron chi connectivity index (χ3n) is 4.22. The van der Waals surface area contributed by atoms with Crippen LogP contribution in [0.5, 0.6) is 0 Å². The maximum absolute atomic E-state index is 13.9. The minimum atomic E-state index is -0.103. The van der Waals surface area contributed by atoms with Crippen LogP contribution >= 0.6 is 11.8 Å². The molecule has 2 atom stereocenters. The summed E-state index contributed by atoms with van der Waals surface area (Å²) in [4.78, 5) is 0.802. The number of hydrogen-bond acceptors (Lipinski definition) is 3. The number of aromatic nitrogens is 2. The van der Waals surface area contributed by atoms with Crippen LogP contribution in [0.2, 0.25) is 0 Å². The van der Waals surface area contributed by atoms with Crippen molar-refractivity contribution in [2.45, 2.75) is 37.2 Å². The van der Waals surface area contributed by atoms with Crippen molar-refractivity contribution in [2.24, 2.45) is 7.05 Å². The zero-order chi connectivity index (χ0) is 15.0. The first-order valence-electron chi connectivity index (χ1n) is 7.23. The number of aryl methyl sites for hydroxylation is 1. The molecule has 112 valence electrons. The van der Waals surface area contributed by atoms with E-state index in [0.717, 1.165) is 22.6 Å². The van der Waals surface area contributed by atoms with Crippen LogP contribution in [0, 0.1) is 12.7 Å². The Bertz CT molecular complexity index is 653. The average Bonchev–Trinajstić information content (AvgIpc) is 2.80. The van der Waals surface area contributed by atoms with Crippen LogP contribution in [0.3, 0.4) is 0 Å². The predicted molar refractivity (Wildman–Crippen MR) is 84.0 cm³/mol. The molecule has 1 aliphatic heterocycles. The number of benzene rings is 1. The summed E-state index contributed by atoms with van der Waals surface area (Å²) in [6, 6.07) is 5.78. The van der Waals surface area contributed by atoms with Crippen LogP contribution < -0.4 is 5.32 Å². The highest BCUT2D eigenvalue weighted by Gasteiger charge is 2.25. The van der Waals surface area contributed by atoms with E-state index >= 15 is 0 Å². The lowest BCUT2D eigenvalue weighted by molar-refractivity contribution is 0.442. The molecule has 0 amide bonds. The van der Waals surface area contributed by atoms with Crippen molar-refractivity contribution in [3.8, 4) is 0 Å². The summed E-state index contributed by atoms with van der Waals surface area (Å²) in [6.07, 6.45) is 2.93. The van der Waals surface area contributed by atoms with Crippen LogP contribution in [0.25, 0.3) is 0 Å². The first kappa shape index (κ1) is 14.6. The molecule has 1 aliphatic rings. The minimum Gasteiger partial charge on any atom is -0.303 e. The third-order valence-corrected chi connectivity index (χ3v) is 5.38. The number of halogens is 1. The molecule has 0 saturated carbocycles. The molecule has 0 radical (unpaired) electrons. The maximum atomic E-state index is 13.9. The minimum absolute atomic E-state index is 0.103. The number of fused-ring (bicyclic) bond motifs is 1. The van der Waals surface area contributed by atoms with Crippen molar-refractivity contribution in [2.75, 3.05) is 5.75 Å². The van der Waals surface area contributed by atoms with E-state index in [1.807, 2.05) is 24.0 Å². The summed E-state index contributed by atoms with van der Waals surface area (Å²) < 4.78 is 15.8. The molecule has 1 aromatic carbocycles. The van der Waals surface area contributed by atoms with Crippen molar-refractivity contribution >= 4 is 11.8 Å². The van der Waals surface area contributed by atoms with Crippen molar-refractivity contribution in [3.63, 3.8) is 0 Å². The Morgan fingerprint density at radius 1 is 1.48 bits per heavy atom. The second-order valence-corrected chi connectivity index (χ2v) is 6.65. The molecule has 2 heterocycles. The van der Waals surface area contributed by atoms with Crippen molar-refractivity contribution < 1.29 is 4.39 Å². The SMILES string of the molecule is Cc1c(C(C)NC2CCSc3c(F)cccc32)cnn1C. The summed E-state index contributed by atoms with van der Waals surface area (Å²) in [6.45, 7) is 4.22. The maximum Gasteiger partial charge on any atom is 0.137 e. The topological polar surface area (TPSA) is 29.9 Å². The number of rotatable bonds is 3. The Morgan fingerprint density at radius 2 is 2.29 bits per heavy atom. The fourth-order valence-corrected chi connectivity index (χ4v) is 4.03. The molecule has 0 spiro atoms. The van der Waals surface area contributed by atoms with Crippen LogP contribution in [-0.4, -0.2) is 15.5 Å². The van der Waals surface area contributed by atoms with Gasteiger partial charge in [-0.25, -0.2) is 4.39 Å². The summed E-state index contributed by atoms with van der Waals surface area (Å²) in [5, 5.41) is 7.94. The summed E-state index contributed by atoms with van der Waals surface area (Å²) in [7, 11) is 1.95. The standard InChI is InChI=1S/C16H20FN3S/c1-10(13-9-18-20(3)11(13)2)19-15-7-8-21-16-12(15)5-4-6-14(16)17/h4-6,9-10,15,19H,7-8H2,1-3H3. The monoisotopic (exact) mass is 305 g/mol. The zero-order valence-corrected chi connectivity index (χ0v) is 13.4. The van der Waals surface area contributed by atoms with Gasteiger partial charge in [-0.05, 0) is 37.7 Å². The van der Waals surface area contributed by atoms with Gasteiger partial charge in [0.05, 0.1) is 6.20 Å². The molecule has 1 N–H and O–H groups in total. The molecule has 21 heavy (non-hydrogen) atoms. The Labute approximate surface area is 128 Å². The molecule has 0 aliphatic carbocycles. The second kappa shape index (κ2) is 5.81. The van der Waals surface area contributed by atoms with Gasteiger partial charge in [-0.1, -0.05) is 12.1 Å². The zero-order valence-electron chi connectivity index (χ0n) is 12.6. The molecular weight excluding hydrogens is 285 g/mol. The van der Waals surface area contributed by atoms with Gasteiger partial charge in [0.15, 0.2) is 0 Å². The van der Waals surface area contributed by atoms with E-state index in [1.165, 1.54) is 11.3 Å². The van der Waals surface area contributed by atoms with E-state index in [0.29, 0.717) is 0 Å². The van der Waals surface area contributed by atoms with Gasteiger partial charge in [0.1, 0.15) is 5.82 Å². The predicted octanol–water partition coefficient (Wildman–Crippen LogP) is 3.76. The number of nitrogens with zero attached hydrogens (tertiary/aromatic N) is 2. The van der Waals surface area contributed by atoms with Crippen molar-refractivity contribution in [1.82, 2.24) is 15.1 Å². The van der Waals surface area contributed by atoms with E-state index < -0.39 is 0 Å². The van der Waals surface area contributed by atoms with Crippen LogP contribution in [0.4, 0.5) is 4.39 Å². The Morgan fingerprint density at radius 3 is 3.00 bits per heavy atom. The smallest absolute Gasteiger partial charge is 0.137 e. The van der Waals surface area contributed by atoms with Crippen LogP contribution in [-0.2, 0) is 7.05 Å². The molecule has 2 aromatic rings. The number of thioether (sulfide) groups is 1. The first-order chi connectivity index (χ1) is 10.1. The molecule has 0 fully saturated rings. The van der Waals surface area contributed by atoms with E-state index in [4.69, 9.17) is 0 Å². The van der Waals surface area contributed by atoms with Crippen molar-refractivity contribution in [3.05, 3.63) is 47.0 Å². The quantitative estimate of drug-likeness (QED) is 0.936. The number of hydrogen-bond donors (Lipinski definition) is 1. The van der Waals surface area contributed by atoms with Gasteiger partial charge in [0, 0.05) is 35.3 Å². The third kappa shape index (κ3) is 2.72. The molecule has 3 rings (SSSR count). The summed E-state index contributed by atoms with van der Waals surface area (Å²) in [5.74, 6) is 0.846. The van der Waals surface area contributed by atoms with E-state index in [2.05, 4.69) is 24.3 Å². The van der Waals surface area contributed by atoms with Crippen molar-refractivity contribution in [1.29, 1.82) is 0 Å². The lowest BCUT2D eigenvalue weighted by Gasteiger charge is -2.29. The molecule has 5 heteroatoms. The lowest BCUT2D eigenvalue weighted by Crippen LogP contribution is -2.27. The van der Waals surface area contributed by atoms with Gasteiger partial charge in [0.25, 0.3) is 0 Å². The molecule has 0 saturated heterocycles. The Balaban J connectivity index is 1.84. The fraction of sp³-hybridized carbons (Fsp3) is 0.438. The molecule has 1 aromatic heterocycles. The van der Waals surface area contributed by atoms with Crippen LogP contribution in [0.1, 0.15) is 42.2 Å². The summed E-state index contributed by atoms with van der Waals surface area (Å²) in [5.41, 5.74) is 3.45. The van der Waals surface area contributed by atoms with Gasteiger partial charge in [0.2, 0.25) is 0 Å². The van der Waals surface area contributed by atoms with E-state index in [1.54, 1.807) is 23.9 Å². The highest BCUT2D eigenvalue weighted by Crippen LogP contribution is 2.38. The average molecular weight is 305 g/mol. The van der Waals surface area contributed by atoms with Gasteiger partial charge < -0.3 is 5.32 Å². The summed E-state index contributed by atoms with van der Waals surface area (Å²) >= 11 is 1.62. The normalized spacial score (nSPS) is 19.3. The van der Waals surface area contributed by atoms with Gasteiger partial charge >= 0.3 is 0 Å². The van der Waals surface area contributed by atoms with Gasteiger partial charge in [-0.3, -0.25) is 4.68 Å². The molecule has 2 unspecified atom stereocenters. The largest absolute Gasteiger partial charge is 0.303 e. The number of nitrogens with one attached hydrogen (secondary N) is 1. The molecular formula is C16H20FN3S. The lowest BCUT2D eigenvalue weighted by atomic mass is 10.0. The second-order valence-electron chi connectivity index (χ2n) is 5.55. The van der Waals surface area contributed by atoms with E-state index in [9.17, 15) is 4.39 Å². The molecule has 3 nitrogen and oxygen atoms in total. The van der Waals surface area contributed by atoms with E-state index in [-0.39, 0.29) is 17.9 Å². The Hall–Kier alpha value is -1.33. The fourth-order valence-electron chi connectivity index (χ4n) is 2.89. The molecule has 0 bridgehead atoms. The highest BCUT2D eigenvalue weighted by atomic mass is 32.2. The van der Waals surface area contributed by atoms with Gasteiger partial charge in [-0.2, -0.15) is 5.10 Å². The van der Waals surface area contributed by atoms with Crippen LogP contribution in [0.15, 0.2) is 29.3 Å².